The van der Waals surface area contributed by atoms with Crippen LogP contribution in [-0.2, 0) is 6.54 Å². The topological polar surface area (TPSA) is 69.6 Å². The predicted molar refractivity (Wildman–Crippen MR) is 72.9 cm³/mol. The first-order chi connectivity index (χ1) is 9.54. The van der Waals surface area contributed by atoms with E-state index >= 15 is 0 Å². The van der Waals surface area contributed by atoms with Crippen LogP contribution < -0.4 is 0 Å². The Bertz CT molecular complexity index is 766. The lowest BCUT2D eigenvalue weighted by atomic mass is 10.4. The molecule has 3 aromatic rings. The van der Waals surface area contributed by atoms with Gasteiger partial charge in [-0.2, -0.15) is 0 Å². The quantitative estimate of drug-likeness (QED) is 0.733. The Morgan fingerprint density at radius 2 is 2.25 bits per heavy atom. The Labute approximate surface area is 122 Å². The van der Waals surface area contributed by atoms with E-state index in [0.717, 1.165) is 15.8 Å². The van der Waals surface area contributed by atoms with Gasteiger partial charge >= 0.3 is 0 Å². The fraction of sp³-hybridized carbons (Fsp3) is 0.333. The molecule has 0 amide bonds. The minimum atomic E-state index is -1.27. The molecule has 0 fully saturated rings. The number of halogens is 2. The number of fused-ring (bicyclic) bond motifs is 1. The van der Waals surface area contributed by atoms with Crippen molar-refractivity contribution >= 4 is 27.1 Å². The van der Waals surface area contributed by atoms with Gasteiger partial charge in [-0.3, -0.25) is 0 Å². The molecule has 20 heavy (non-hydrogen) atoms. The lowest BCUT2D eigenvalue weighted by Gasteiger charge is -2.03. The zero-order chi connectivity index (χ0) is 14.3. The van der Waals surface area contributed by atoms with Crippen molar-refractivity contribution in [1.29, 1.82) is 0 Å². The van der Waals surface area contributed by atoms with Crippen molar-refractivity contribution in [2.45, 2.75) is 26.6 Å². The Balaban J connectivity index is 2.01. The second kappa shape index (κ2) is 4.93. The predicted octanol–water partition coefficient (Wildman–Crippen LogP) is 2.96. The van der Waals surface area contributed by atoms with Crippen molar-refractivity contribution in [3.05, 3.63) is 34.3 Å². The summed E-state index contributed by atoms with van der Waals surface area (Å²) in [5.74, 6) is 1.10. The summed E-state index contributed by atoms with van der Waals surface area (Å²) >= 11 is 3.38. The van der Waals surface area contributed by atoms with Crippen LogP contribution in [0, 0.1) is 6.92 Å². The molecule has 104 valence electrons. The Kier molecular flexibility index (Phi) is 3.25. The van der Waals surface area contributed by atoms with Crippen LogP contribution in [0.3, 0.4) is 0 Å². The van der Waals surface area contributed by atoms with Crippen molar-refractivity contribution in [1.82, 2.24) is 24.7 Å². The lowest BCUT2D eigenvalue weighted by Crippen LogP contribution is -2.02. The maximum atomic E-state index is 13.1. The highest BCUT2D eigenvalue weighted by Crippen LogP contribution is 2.20. The van der Waals surface area contributed by atoms with Crippen molar-refractivity contribution in [3.63, 3.8) is 0 Å². The second-order valence-corrected chi connectivity index (χ2v) is 5.31. The van der Waals surface area contributed by atoms with E-state index in [1.807, 2.05) is 17.6 Å². The van der Waals surface area contributed by atoms with Crippen molar-refractivity contribution in [2.75, 3.05) is 0 Å². The van der Waals surface area contributed by atoms with E-state index in [2.05, 4.69) is 36.1 Å². The van der Waals surface area contributed by atoms with Gasteiger partial charge in [0, 0.05) is 10.7 Å². The molecule has 0 spiro atoms. The first kappa shape index (κ1) is 13.2. The molecule has 0 aliphatic rings. The van der Waals surface area contributed by atoms with Gasteiger partial charge in [-0.1, -0.05) is 0 Å². The van der Waals surface area contributed by atoms with Crippen LogP contribution in [0.5, 0.6) is 0 Å². The largest absolute Gasteiger partial charge is 0.420 e. The van der Waals surface area contributed by atoms with E-state index in [9.17, 15) is 4.39 Å². The highest BCUT2D eigenvalue weighted by atomic mass is 79.9. The summed E-state index contributed by atoms with van der Waals surface area (Å²) in [4.78, 5) is 8.59. The molecule has 0 saturated heterocycles. The normalized spacial score (nSPS) is 13.0. The smallest absolute Gasteiger partial charge is 0.250 e. The average Bonchev–Trinajstić information content (AvgIpc) is 2.97. The minimum Gasteiger partial charge on any atom is -0.420 e. The third-order valence-corrected chi connectivity index (χ3v) is 3.31. The Hall–Kier alpha value is -1.83. The monoisotopic (exact) mass is 339 g/mol. The molecule has 0 N–H and O–H groups in total. The molecule has 6 nitrogen and oxygen atoms in total. The zero-order valence-electron chi connectivity index (χ0n) is 10.8. The summed E-state index contributed by atoms with van der Waals surface area (Å²) in [5, 5.41) is 7.52. The summed E-state index contributed by atoms with van der Waals surface area (Å²) in [6.45, 7) is 3.56. The number of rotatable bonds is 3. The number of alkyl halides is 1. The van der Waals surface area contributed by atoms with Crippen LogP contribution in [0.2, 0.25) is 0 Å². The van der Waals surface area contributed by atoms with Gasteiger partial charge in [-0.05, 0) is 35.8 Å². The molecule has 0 aliphatic carbocycles. The Morgan fingerprint density at radius 1 is 1.45 bits per heavy atom. The van der Waals surface area contributed by atoms with Crippen LogP contribution in [-0.4, -0.2) is 24.7 Å². The SMILES string of the molecule is Cc1nc2ncc(Br)cc2n1Cc1nnc([C@@H](C)F)o1. The Morgan fingerprint density at radius 3 is 2.95 bits per heavy atom. The van der Waals surface area contributed by atoms with Gasteiger partial charge in [0.2, 0.25) is 11.8 Å². The number of pyridine rings is 1. The highest BCUT2D eigenvalue weighted by Gasteiger charge is 2.15. The first-order valence-corrected chi connectivity index (χ1v) is 6.78. The van der Waals surface area contributed by atoms with E-state index in [1.165, 1.54) is 6.92 Å². The summed E-state index contributed by atoms with van der Waals surface area (Å²) in [7, 11) is 0. The first-order valence-electron chi connectivity index (χ1n) is 5.99. The number of hydrogen-bond donors (Lipinski definition) is 0. The molecule has 0 aromatic carbocycles. The standard InChI is InChI=1S/C12H11BrFN5O/c1-6(14)12-18-17-10(20-12)5-19-7(2)16-11-9(19)3-8(13)4-15-11/h3-4,6H,5H2,1-2H3/t6-/m1/s1. The number of aromatic nitrogens is 5. The number of imidazole rings is 1. The van der Waals surface area contributed by atoms with Crippen molar-refractivity contribution in [2.24, 2.45) is 0 Å². The molecule has 3 aromatic heterocycles. The molecule has 8 heteroatoms. The number of aryl methyl sites for hydroxylation is 1. The molecule has 3 heterocycles. The van der Waals surface area contributed by atoms with Gasteiger partial charge < -0.3 is 8.98 Å². The molecule has 0 bridgehead atoms. The van der Waals surface area contributed by atoms with Gasteiger partial charge in [0.15, 0.2) is 11.8 Å². The van der Waals surface area contributed by atoms with E-state index in [0.29, 0.717) is 18.1 Å². The number of hydrogen-bond acceptors (Lipinski definition) is 5. The fourth-order valence-corrected chi connectivity index (χ4v) is 2.24. The van der Waals surface area contributed by atoms with Crippen molar-refractivity contribution in [3.8, 4) is 0 Å². The lowest BCUT2D eigenvalue weighted by molar-refractivity contribution is 0.290. The molecule has 0 aliphatic heterocycles. The van der Waals surface area contributed by atoms with Gasteiger partial charge in [0.1, 0.15) is 12.4 Å². The van der Waals surface area contributed by atoms with E-state index in [4.69, 9.17) is 4.42 Å². The van der Waals surface area contributed by atoms with Gasteiger partial charge in [0.05, 0.1) is 5.52 Å². The van der Waals surface area contributed by atoms with E-state index in [1.54, 1.807) is 6.20 Å². The molecule has 1 atom stereocenters. The molecule has 3 rings (SSSR count). The highest BCUT2D eigenvalue weighted by molar-refractivity contribution is 9.10. The van der Waals surface area contributed by atoms with E-state index in [-0.39, 0.29) is 5.89 Å². The molecule has 0 unspecified atom stereocenters. The third-order valence-electron chi connectivity index (χ3n) is 2.88. The summed E-state index contributed by atoms with van der Waals surface area (Å²) < 4.78 is 21.1. The summed E-state index contributed by atoms with van der Waals surface area (Å²) in [6.07, 6.45) is 0.419. The maximum absolute atomic E-state index is 13.1. The van der Waals surface area contributed by atoms with Crippen LogP contribution >= 0.6 is 15.9 Å². The van der Waals surface area contributed by atoms with Crippen LogP contribution in [0.25, 0.3) is 11.2 Å². The molecule has 0 saturated carbocycles. The second-order valence-electron chi connectivity index (χ2n) is 4.39. The third kappa shape index (κ3) is 2.31. The van der Waals surface area contributed by atoms with Gasteiger partial charge in [-0.15, -0.1) is 10.2 Å². The minimum absolute atomic E-state index is 0.0126. The summed E-state index contributed by atoms with van der Waals surface area (Å²) in [5.41, 5.74) is 1.49. The van der Waals surface area contributed by atoms with Gasteiger partial charge in [-0.25, -0.2) is 14.4 Å². The summed E-state index contributed by atoms with van der Waals surface area (Å²) in [6, 6.07) is 1.91. The fourth-order valence-electron chi connectivity index (χ4n) is 1.92. The average molecular weight is 340 g/mol. The molecule has 0 radical (unpaired) electrons. The van der Waals surface area contributed by atoms with Crippen LogP contribution in [0.1, 0.15) is 30.7 Å². The maximum Gasteiger partial charge on any atom is 0.250 e. The number of nitrogens with zero attached hydrogens (tertiary/aromatic N) is 5. The van der Waals surface area contributed by atoms with E-state index < -0.39 is 6.17 Å². The van der Waals surface area contributed by atoms with Crippen LogP contribution in [0.15, 0.2) is 21.2 Å². The van der Waals surface area contributed by atoms with Crippen molar-refractivity contribution < 1.29 is 8.81 Å². The molecular formula is C12H11BrFN5O. The van der Waals surface area contributed by atoms with Crippen LogP contribution in [0.4, 0.5) is 4.39 Å². The zero-order valence-corrected chi connectivity index (χ0v) is 12.4. The van der Waals surface area contributed by atoms with Gasteiger partial charge in [0.25, 0.3) is 0 Å². The molecular weight excluding hydrogens is 329 g/mol.